The lowest BCUT2D eigenvalue weighted by atomic mass is 9.78. The smallest absolute Gasteiger partial charge is 0.252 e. The summed E-state index contributed by atoms with van der Waals surface area (Å²) >= 11 is 1.27. The van der Waals surface area contributed by atoms with Crippen LogP contribution < -0.4 is 4.90 Å². The van der Waals surface area contributed by atoms with Crippen molar-refractivity contribution >= 4 is 27.0 Å². The molecule has 9 heteroatoms. The van der Waals surface area contributed by atoms with Crippen molar-refractivity contribution in [1.82, 2.24) is 9.21 Å². The van der Waals surface area contributed by atoms with Gasteiger partial charge in [-0.2, -0.15) is 4.31 Å². The van der Waals surface area contributed by atoms with Crippen LogP contribution in [0.25, 0.3) is 0 Å². The zero-order chi connectivity index (χ0) is 22.6. The van der Waals surface area contributed by atoms with Crippen LogP contribution in [0, 0.1) is 5.41 Å². The lowest BCUT2D eigenvalue weighted by Crippen LogP contribution is -2.69. The first-order valence-corrected chi connectivity index (χ1v) is 13.4. The Kier molecular flexibility index (Phi) is 5.63. The minimum absolute atomic E-state index is 0.0600. The van der Waals surface area contributed by atoms with Crippen LogP contribution in [0.2, 0.25) is 0 Å². The highest BCUT2D eigenvalue weighted by Crippen LogP contribution is 2.38. The van der Waals surface area contributed by atoms with E-state index in [4.69, 9.17) is 4.74 Å². The van der Waals surface area contributed by atoms with Crippen molar-refractivity contribution in [3.63, 3.8) is 0 Å². The number of piperazine rings is 1. The van der Waals surface area contributed by atoms with Gasteiger partial charge < -0.3 is 14.7 Å². The summed E-state index contributed by atoms with van der Waals surface area (Å²) in [6.07, 6.45) is 0. The second-order valence-corrected chi connectivity index (χ2v) is 13.0. The maximum atomic E-state index is 13.2. The minimum Gasteiger partial charge on any atom is -0.386 e. The van der Waals surface area contributed by atoms with Crippen molar-refractivity contribution in [1.29, 1.82) is 0 Å². The Balaban J connectivity index is 1.36. The van der Waals surface area contributed by atoms with Gasteiger partial charge >= 0.3 is 0 Å². The topological polar surface area (TPSA) is 73.3 Å². The van der Waals surface area contributed by atoms with E-state index in [-0.39, 0.29) is 6.04 Å². The standard InChI is InChI=1S/C23H31N3O4S2/c1-22(2,27)18-5-7-19(8-6-18)26-10-9-25(32(28,29)21-4-3-11-31-21)13-20(26)12-24-14-23(15-24)16-30-17-23/h3-8,11,20,27H,9-10,12-17H2,1-2H3/t20-/m0/s1. The monoisotopic (exact) mass is 477 g/mol. The maximum absolute atomic E-state index is 13.2. The first-order chi connectivity index (χ1) is 15.2. The van der Waals surface area contributed by atoms with E-state index in [1.165, 1.54) is 11.3 Å². The molecule has 3 aliphatic heterocycles. The molecule has 7 nitrogen and oxygen atoms in total. The lowest BCUT2D eigenvalue weighted by molar-refractivity contribution is -0.189. The summed E-state index contributed by atoms with van der Waals surface area (Å²) < 4.78 is 33.8. The van der Waals surface area contributed by atoms with Gasteiger partial charge in [-0.05, 0) is 43.0 Å². The highest BCUT2D eigenvalue weighted by Gasteiger charge is 2.49. The molecule has 1 aromatic carbocycles. The van der Waals surface area contributed by atoms with E-state index in [2.05, 4.69) is 9.80 Å². The highest BCUT2D eigenvalue weighted by molar-refractivity contribution is 7.91. The SMILES string of the molecule is CC(C)(O)c1ccc(N2CCN(S(=O)(=O)c3cccs3)C[C@@H]2CN2CC3(COC3)C2)cc1. The van der Waals surface area contributed by atoms with Gasteiger partial charge in [0, 0.05) is 50.4 Å². The molecule has 3 aliphatic rings. The van der Waals surface area contributed by atoms with Gasteiger partial charge in [0.2, 0.25) is 0 Å². The van der Waals surface area contributed by atoms with E-state index in [1.54, 1.807) is 30.3 Å². The van der Waals surface area contributed by atoms with Crippen molar-refractivity contribution in [3.05, 3.63) is 47.3 Å². The van der Waals surface area contributed by atoms with Crippen molar-refractivity contribution < 1.29 is 18.3 Å². The first kappa shape index (κ1) is 22.3. The minimum atomic E-state index is -3.47. The molecule has 1 aromatic heterocycles. The number of hydrogen-bond acceptors (Lipinski definition) is 7. The number of benzene rings is 1. The third-order valence-electron chi connectivity index (χ3n) is 6.84. The summed E-state index contributed by atoms with van der Waals surface area (Å²) in [5.41, 5.74) is 1.38. The van der Waals surface area contributed by atoms with Crippen LogP contribution in [0.4, 0.5) is 5.69 Å². The van der Waals surface area contributed by atoms with E-state index < -0.39 is 15.6 Å². The number of thiophene rings is 1. The summed E-state index contributed by atoms with van der Waals surface area (Å²) in [6, 6.07) is 11.5. The third kappa shape index (κ3) is 4.10. The average molecular weight is 478 g/mol. The summed E-state index contributed by atoms with van der Waals surface area (Å²) in [4.78, 5) is 4.75. The Morgan fingerprint density at radius 1 is 1.16 bits per heavy atom. The Bertz CT molecular complexity index is 1040. The molecule has 3 fully saturated rings. The molecule has 0 aliphatic carbocycles. The van der Waals surface area contributed by atoms with Crippen LogP contribution >= 0.6 is 11.3 Å². The summed E-state index contributed by atoms with van der Waals surface area (Å²) in [6.45, 7) is 9.68. The number of likely N-dealkylation sites (tertiary alicyclic amines) is 1. The van der Waals surface area contributed by atoms with Crippen LogP contribution in [0.15, 0.2) is 46.0 Å². The van der Waals surface area contributed by atoms with Gasteiger partial charge in [0.05, 0.1) is 24.9 Å². The average Bonchev–Trinajstić information content (AvgIpc) is 3.24. The van der Waals surface area contributed by atoms with Gasteiger partial charge in [-0.3, -0.25) is 4.90 Å². The summed E-state index contributed by atoms with van der Waals surface area (Å²) in [5, 5.41) is 12.1. The number of ether oxygens (including phenoxy) is 1. The Hall–Kier alpha value is -1.49. The van der Waals surface area contributed by atoms with Gasteiger partial charge in [-0.1, -0.05) is 18.2 Å². The summed E-state index contributed by atoms with van der Waals surface area (Å²) in [5.74, 6) is 0. The Labute approximate surface area is 194 Å². The molecule has 3 saturated heterocycles. The van der Waals surface area contributed by atoms with Crippen molar-refractivity contribution in [2.24, 2.45) is 5.41 Å². The molecule has 0 radical (unpaired) electrons. The van der Waals surface area contributed by atoms with Crippen LogP contribution in [0.3, 0.4) is 0 Å². The molecule has 1 spiro atoms. The highest BCUT2D eigenvalue weighted by atomic mass is 32.2. The fraction of sp³-hybridized carbons (Fsp3) is 0.565. The molecular formula is C23H31N3O4S2. The van der Waals surface area contributed by atoms with Crippen molar-refractivity contribution in [2.75, 3.05) is 57.4 Å². The molecule has 174 valence electrons. The van der Waals surface area contributed by atoms with Gasteiger partial charge in [0.1, 0.15) is 4.21 Å². The van der Waals surface area contributed by atoms with E-state index in [0.29, 0.717) is 29.3 Å². The second kappa shape index (κ2) is 8.07. The third-order valence-corrected chi connectivity index (χ3v) is 10.1. The number of anilines is 1. The number of nitrogens with zero attached hydrogens (tertiary/aromatic N) is 3. The van der Waals surface area contributed by atoms with Gasteiger partial charge in [0.25, 0.3) is 10.0 Å². The number of hydrogen-bond donors (Lipinski definition) is 1. The van der Waals surface area contributed by atoms with E-state index in [0.717, 1.165) is 44.1 Å². The predicted octanol–water partition coefficient (Wildman–Crippen LogP) is 2.19. The van der Waals surface area contributed by atoms with Crippen molar-refractivity contribution in [2.45, 2.75) is 29.7 Å². The van der Waals surface area contributed by atoms with E-state index >= 15 is 0 Å². The van der Waals surface area contributed by atoms with Crippen LogP contribution in [-0.2, 0) is 20.4 Å². The fourth-order valence-electron chi connectivity index (χ4n) is 5.04. The predicted molar refractivity (Wildman–Crippen MR) is 126 cm³/mol. The Morgan fingerprint density at radius 3 is 2.44 bits per heavy atom. The van der Waals surface area contributed by atoms with E-state index in [9.17, 15) is 13.5 Å². The molecule has 1 atom stereocenters. The van der Waals surface area contributed by atoms with E-state index in [1.807, 2.05) is 29.6 Å². The normalized spacial score (nSPS) is 24.3. The second-order valence-electron chi connectivity index (χ2n) is 9.91. The van der Waals surface area contributed by atoms with Gasteiger partial charge in [0.15, 0.2) is 0 Å². The zero-order valence-electron chi connectivity index (χ0n) is 18.6. The maximum Gasteiger partial charge on any atom is 0.252 e. The molecule has 0 amide bonds. The first-order valence-electron chi connectivity index (χ1n) is 11.1. The molecule has 0 saturated carbocycles. The van der Waals surface area contributed by atoms with Gasteiger partial charge in [-0.15, -0.1) is 11.3 Å². The molecule has 32 heavy (non-hydrogen) atoms. The number of rotatable bonds is 6. The molecular weight excluding hydrogens is 446 g/mol. The fourth-order valence-corrected chi connectivity index (χ4v) is 7.66. The molecule has 0 bridgehead atoms. The van der Waals surface area contributed by atoms with Crippen molar-refractivity contribution in [3.8, 4) is 0 Å². The van der Waals surface area contributed by atoms with Crippen LogP contribution in [0.5, 0.6) is 0 Å². The molecule has 1 N–H and O–H groups in total. The number of sulfonamides is 1. The lowest BCUT2D eigenvalue weighted by Gasteiger charge is -2.56. The molecule has 4 heterocycles. The summed E-state index contributed by atoms with van der Waals surface area (Å²) in [7, 11) is -3.47. The quantitative estimate of drug-likeness (QED) is 0.688. The van der Waals surface area contributed by atoms with Gasteiger partial charge in [-0.25, -0.2) is 8.42 Å². The zero-order valence-corrected chi connectivity index (χ0v) is 20.2. The molecule has 2 aromatic rings. The molecule has 5 rings (SSSR count). The Morgan fingerprint density at radius 2 is 1.88 bits per heavy atom. The van der Waals surface area contributed by atoms with Crippen LogP contribution in [-0.4, -0.2) is 81.3 Å². The molecule has 0 unspecified atom stereocenters. The van der Waals surface area contributed by atoms with Crippen LogP contribution in [0.1, 0.15) is 19.4 Å². The number of aliphatic hydroxyl groups is 1. The largest absolute Gasteiger partial charge is 0.386 e.